The third-order valence-electron chi connectivity index (χ3n) is 2.62. The zero-order valence-corrected chi connectivity index (χ0v) is 12.0. The average molecular weight is 265 g/mol. The van der Waals surface area contributed by atoms with Gasteiger partial charge in [0.2, 0.25) is 0 Å². The van der Waals surface area contributed by atoms with Crippen molar-refractivity contribution in [2.75, 3.05) is 19.8 Å². The molecule has 1 rings (SSSR count). The first-order valence-electron chi connectivity index (χ1n) is 6.90. The molecule has 0 spiro atoms. The van der Waals surface area contributed by atoms with E-state index in [9.17, 15) is 4.79 Å². The van der Waals surface area contributed by atoms with E-state index in [0.717, 1.165) is 12.8 Å². The van der Waals surface area contributed by atoms with Crippen LogP contribution in [0.1, 0.15) is 44.0 Å². The second-order valence-corrected chi connectivity index (χ2v) is 4.14. The lowest BCUT2D eigenvalue weighted by molar-refractivity contribution is 0.0952. The standard InChI is InChI=1S/C15H23NO3/c1-4-7-10-16-15(17)12-8-9-13(18-5-2)14(11-12)19-6-3/h8-9,11H,4-7,10H2,1-3H3,(H,16,17). The minimum atomic E-state index is -0.0718. The summed E-state index contributed by atoms with van der Waals surface area (Å²) in [5, 5.41) is 2.89. The first-order chi connectivity index (χ1) is 9.22. The number of ether oxygens (including phenoxy) is 2. The van der Waals surface area contributed by atoms with Gasteiger partial charge in [0.25, 0.3) is 5.91 Å². The lowest BCUT2D eigenvalue weighted by Gasteiger charge is -2.12. The summed E-state index contributed by atoms with van der Waals surface area (Å²) >= 11 is 0. The van der Waals surface area contributed by atoms with Gasteiger partial charge in [-0.3, -0.25) is 4.79 Å². The van der Waals surface area contributed by atoms with Gasteiger partial charge in [0.15, 0.2) is 11.5 Å². The molecule has 0 aliphatic rings. The molecule has 0 aliphatic carbocycles. The highest BCUT2D eigenvalue weighted by Crippen LogP contribution is 2.28. The Kier molecular flexibility index (Phi) is 6.79. The topological polar surface area (TPSA) is 47.6 Å². The third-order valence-corrected chi connectivity index (χ3v) is 2.62. The van der Waals surface area contributed by atoms with Gasteiger partial charge in [-0.15, -0.1) is 0 Å². The summed E-state index contributed by atoms with van der Waals surface area (Å²) in [6.45, 7) is 7.73. The quantitative estimate of drug-likeness (QED) is 0.735. The van der Waals surface area contributed by atoms with Crippen molar-refractivity contribution in [3.05, 3.63) is 23.8 Å². The molecule has 0 radical (unpaired) electrons. The second-order valence-electron chi connectivity index (χ2n) is 4.14. The molecular formula is C15H23NO3. The molecule has 1 amide bonds. The highest BCUT2D eigenvalue weighted by Gasteiger charge is 2.10. The van der Waals surface area contributed by atoms with Gasteiger partial charge >= 0.3 is 0 Å². The van der Waals surface area contributed by atoms with Crippen molar-refractivity contribution < 1.29 is 14.3 Å². The number of amides is 1. The van der Waals surface area contributed by atoms with E-state index >= 15 is 0 Å². The molecule has 19 heavy (non-hydrogen) atoms. The Morgan fingerprint density at radius 3 is 2.42 bits per heavy atom. The number of unbranched alkanes of at least 4 members (excludes halogenated alkanes) is 1. The number of hydrogen-bond donors (Lipinski definition) is 1. The summed E-state index contributed by atoms with van der Waals surface area (Å²) < 4.78 is 11.0. The summed E-state index contributed by atoms with van der Waals surface area (Å²) in [5.41, 5.74) is 0.600. The number of carbonyl (C=O) groups excluding carboxylic acids is 1. The second kappa shape index (κ2) is 8.40. The normalized spacial score (nSPS) is 10.1. The van der Waals surface area contributed by atoms with Gasteiger partial charge in [-0.05, 0) is 38.5 Å². The van der Waals surface area contributed by atoms with Gasteiger partial charge in [0.05, 0.1) is 13.2 Å². The predicted molar refractivity (Wildman–Crippen MR) is 76.0 cm³/mol. The Labute approximate surface area is 115 Å². The van der Waals surface area contributed by atoms with Crippen LogP contribution in [-0.4, -0.2) is 25.7 Å². The molecular weight excluding hydrogens is 242 g/mol. The fraction of sp³-hybridized carbons (Fsp3) is 0.533. The van der Waals surface area contributed by atoms with Crippen LogP contribution in [0.2, 0.25) is 0 Å². The third kappa shape index (κ3) is 4.81. The van der Waals surface area contributed by atoms with E-state index in [2.05, 4.69) is 12.2 Å². The highest BCUT2D eigenvalue weighted by molar-refractivity contribution is 5.94. The van der Waals surface area contributed by atoms with Crippen molar-refractivity contribution in [2.24, 2.45) is 0 Å². The van der Waals surface area contributed by atoms with E-state index in [1.54, 1.807) is 18.2 Å². The highest BCUT2D eigenvalue weighted by atomic mass is 16.5. The van der Waals surface area contributed by atoms with Crippen LogP contribution in [0.25, 0.3) is 0 Å². The van der Waals surface area contributed by atoms with Crippen molar-refractivity contribution >= 4 is 5.91 Å². The van der Waals surface area contributed by atoms with Gasteiger partial charge in [-0.2, -0.15) is 0 Å². The largest absolute Gasteiger partial charge is 0.490 e. The first-order valence-corrected chi connectivity index (χ1v) is 6.90. The maximum absolute atomic E-state index is 11.9. The Morgan fingerprint density at radius 1 is 1.11 bits per heavy atom. The average Bonchev–Trinajstić information content (AvgIpc) is 2.41. The molecule has 0 unspecified atom stereocenters. The predicted octanol–water partition coefficient (Wildman–Crippen LogP) is 3.01. The van der Waals surface area contributed by atoms with Crippen LogP contribution in [0.3, 0.4) is 0 Å². The molecule has 0 fully saturated rings. The molecule has 106 valence electrons. The molecule has 0 bridgehead atoms. The molecule has 0 atom stereocenters. The Bertz CT molecular complexity index is 404. The van der Waals surface area contributed by atoms with Crippen molar-refractivity contribution in [1.29, 1.82) is 0 Å². The lowest BCUT2D eigenvalue weighted by atomic mass is 10.2. The molecule has 4 heteroatoms. The van der Waals surface area contributed by atoms with Crippen LogP contribution < -0.4 is 14.8 Å². The summed E-state index contributed by atoms with van der Waals surface area (Å²) in [6.07, 6.45) is 2.05. The Hall–Kier alpha value is -1.71. The fourth-order valence-corrected chi connectivity index (χ4v) is 1.67. The molecule has 0 saturated heterocycles. The molecule has 1 aromatic rings. The van der Waals surface area contributed by atoms with E-state index in [0.29, 0.717) is 36.8 Å². The zero-order chi connectivity index (χ0) is 14.1. The first kappa shape index (κ1) is 15.3. The minimum Gasteiger partial charge on any atom is -0.490 e. The van der Waals surface area contributed by atoms with Crippen molar-refractivity contribution in [1.82, 2.24) is 5.32 Å². The maximum atomic E-state index is 11.9. The number of nitrogens with one attached hydrogen (secondary N) is 1. The van der Waals surface area contributed by atoms with Crippen molar-refractivity contribution in [3.8, 4) is 11.5 Å². The molecule has 0 saturated carbocycles. The molecule has 0 aromatic heterocycles. The Balaban J connectivity index is 2.78. The zero-order valence-electron chi connectivity index (χ0n) is 12.0. The molecule has 1 aromatic carbocycles. The SMILES string of the molecule is CCCCNC(=O)c1ccc(OCC)c(OCC)c1. The van der Waals surface area contributed by atoms with Gasteiger partial charge in [0.1, 0.15) is 0 Å². The van der Waals surface area contributed by atoms with Crippen LogP contribution in [0, 0.1) is 0 Å². The molecule has 0 aliphatic heterocycles. The van der Waals surface area contributed by atoms with Crippen LogP contribution in [0.5, 0.6) is 11.5 Å². The number of benzene rings is 1. The lowest BCUT2D eigenvalue weighted by Crippen LogP contribution is -2.24. The molecule has 0 heterocycles. The van der Waals surface area contributed by atoms with E-state index in [-0.39, 0.29) is 5.91 Å². The minimum absolute atomic E-state index is 0.0718. The van der Waals surface area contributed by atoms with Gasteiger partial charge in [-0.1, -0.05) is 13.3 Å². The van der Waals surface area contributed by atoms with E-state index in [1.807, 2.05) is 13.8 Å². The number of hydrogen-bond acceptors (Lipinski definition) is 3. The van der Waals surface area contributed by atoms with Crippen molar-refractivity contribution in [3.63, 3.8) is 0 Å². The van der Waals surface area contributed by atoms with Crippen LogP contribution in [0.15, 0.2) is 18.2 Å². The Morgan fingerprint density at radius 2 is 1.79 bits per heavy atom. The summed E-state index contributed by atoms with van der Waals surface area (Å²) in [4.78, 5) is 11.9. The van der Waals surface area contributed by atoms with Crippen LogP contribution in [0.4, 0.5) is 0 Å². The van der Waals surface area contributed by atoms with E-state index in [4.69, 9.17) is 9.47 Å². The van der Waals surface area contributed by atoms with Crippen LogP contribution >= 0.6 is 0 Å². The van der Waals surface area contributed by atoms with Crippen molar-refractivity contribution in [2.45, 2.75) is 33.6 Å². The summed E-state index contributed by atoms with van der Waals surface area (Å²) in [7, 11) is 0. The monoisotopic (exact) mass is 265 g/mol. The number of carbonyl (C=O) groups is 1. The smallest absolute Gasteiger partial charge is 0.251 e. The molecule has 4 nitrogen and oxygen atoms in total. The summed E-state index contributed by atoms with van der Waals surface area (Å²) in [5.74, 6) is 1.22. The number of rotatable bonds is 8. The molecule has 1 N–H and O–H groups in total. The van der Waals surface area contributed by atoms with Crippen LogP contribution in [-0.2, 0) is 0 Å². The maximum Gasteiger partial charge on any atom is 0.251 e. The van der Waals surface area contributed by atoms with E-state index in [1.165, 1.54) is 0 Å². The van der Waals surface area contributed by atoms with E-state index < -0.39 is 0 Å². The van der Waals surface area contributed by atoms with Gasteiger partial charge in [-0.25, -0.2) is 0 Å². The fourth-order valence-electron chi connectivity index (χ4n) is 1.67. The van der Waals surface area contributed by atoms with Gasteiger partial charge in [0, 0.05) is 12.1 Å². The summed E-state index contributed by atoms with van der Waals surface area (Å²) in [6, 6.07) is 5.27. The van der Waals surface area contributed by atoms with Gasteiger partial charge < -0.3 is 14.8 Å².